The molecule has 0 saturated carbocycles. The number of aromatic nitrogens is 2. The molecule has 1 aliphatic rings. The summed E-state index contributed by atoms with van der Waals surface area (Å²) in [6.45, 7) is -0.0484. The van der Waals surface area contributed by atoms with Crippen LogP contribution in [0.3, 0.4) is 0 Å². The molecule has 0 atom stereocenters. The van der Waals surface area contributed by atoms with Gasteiger partial charge in [-0.15, -0.1) is 0 Å². The number of fused-ring (bicyclic) bond motifs is 1. The zero-order valence-electron chi connectivity index (χ0n) is 14.6. The molecule has 1 fully saturated rings. The van der Waals surface area contributed by atoms with Crippen LogP contribution in [0.2, 0.25) is 5.02 Å². The van der Waals surface area contributed by atoms with Crippen LogP contribution in [0.15, 0.2) is 42.6 Å². The summed E-state index contributed by atoms with van der Waals surface area (Å²) >= 11 is 5.90. The maximum atomic E-state index is 13.4. The van der Waals surface area contributed by atoms with Crippen LogP contribution in [0.5, 0.6) is 0 Å². The van der Waals surface area contributed by atoms with E-state index in [-0.39, 0.29) is 29.2 Å². The highest BCUT2D eigenvalue weighted by molar-refractivity contribution is 6.34. The van der Waals surface area contributed by atoms with Crippen molar-refractivity contribution in [3.05, 3.63) is 64.3 Å². The Morgan fingerprint density at radius 3 is 2.48 bits per heavy atom. The normalized spacial score (nSPS) is 14.9. The molecule has 1 saturated heterocycles. The number of likely N-dealkylation sites (tertiary alicyclic amines) is 1. The topological polar surface area (TPSA) is 55.2 Å². The summed E-state index contributed by atoms with van der Waals surface area (Å²) in [6, 6.07) is 7.40. The predicted octanol–water partition coefficient (Wildman–Crippen LogP) is 4.19. The molecule has 29 heavy (non-hydrogen) atoms. The van der Waals surface area contributed by atoms with E-state index in [1.54, 1.807) is 0 Å². The van der Waals surface area contributed by atoms with Gasteiger partial charge in [0.25, 0.3) is 11.8 Å². The van der Waals surface area contributed by atoms with Crippen LogP contribution >= 0.6 is 11.6 Å². The molecule has 4 rings (SSSR count). The van der Waals surface area contributed by atoms with E-state index in [0.717, 1.165) is 16.8 Å². The van der Waals surface area contributed by atoms with Crippen molar-refractivity contribution < 1.29 is 27.2 Å². The molecule has 0 spiro atoms. The van der Waals surface area contributed by atoms with Crippen LogP contribution in [0.1, 0.15) is 26.3 Å². The smallest absolute Gasteiger partial charge is 0.333 e. The second-order valence-electron chi connectivity index (χ2n) is 6.60. The number of nitrogens with zero attached hydrogens (tertiary/aromatic N) is 3. The van der Waals surface area contributed by atoms with Crippen molar-refractivity contribution in [3.8, 4) is 0 Å². The lowest BCUT2D eigenvalue weighted by molar-refractivity contribution is -0.137. The van der Waals surface area contributed by atoms with Crippen molar-refractivity contribution >= 4 is 34.3 Å². The first-order valence-electron chi connectivity index (χ1n) is 8.48. The molecule has 1 amide bonds. The van der Waals surface area contributed by atoms with Gasteiger partial charge in [0.2, 0.25) is 0 Å². The SMILES string of the molecule is O=C(c1ccc2cnn(C(=O)c3c(Cl)cccc3C(F)(F)F)c2c1)N1CC(F)C1. The highest BCUT2D eigenvalue weighted by atomic mass is 35.5. The van der Waals surface area contributed by atoms with E-state index in [1.807, 2.05) is 0 Å². The lowest BCUT2D eigenvalue weighted by atomic mass is 10.1. The van der Waals surface area contributed by atoms with Crippen LogP contribution in [0.4, 0.5) is 17.6 Å². The van der Waals surface area contributed by atoms with Gasteiger partial charge in [0.05, 0.1) is 41.0 Å². The summed E-state index contributed by atoms with van der Waals surface area (Å²) in [6.07, 6.45) is -4.57. The number of carbonyl (C=O) groups excluding carboxylic acids is 2. The van der Waals surface area contributed by atoms with Gasteiger partial charge >= 0.3 is 6.18 Å². The third-order valence-electron chi connectivity index (χ3n) is 4.67. The molecule has 0 aliphatic carbocycles. The molecule has 0 radical (unpaired) electrons. The van der Waals surface area contributed by atoms with Crippen molar-refractivity contribution in [1.82, 2.24) is 14.7 Å². The van der Waals surface area contributed by atoms with Gasteiger partial charge in [-0.05, 0) is 24.3 Å². The fourth-order valence-electron chi connectivity index (χ4n) is 3.17. The zero-order valence-corrected chi connectivity index (χ0v) is 15.3. The van der Waals surface area contributed by atoms with Crippen LogP contribution in [0.25, 0.3) is 10.9 Å². The first-order valence-corrected chi connectivity index (χ1v) is 8.86. The summed E-state index contributed by atoms with van der Waals surface area (Å²) in [5, 5.41) is 3.96. The molecular formula is C19H12ClF4N3O2. The average molecular weight is 426 g/mol. The summed E-state index contributed by atoms with van der Waals surface area (Å²) in [5.74, 6) is -1.51. The van der Waals surface area contributed by atoms with Crippen LogP contribution in [-0.2, 0) is 6.18 Å². The second kappa shape index (κ2) is 6.84. The zero-order chi connectivity index (χ0) is 20.9. The van der Waals surface area contributed by atoms with E-state index in [9.17, 15) is 27.2 Å². The molecule has 2 heterocycles. The van der Waals surface area contributed by atoms with Gasteiger partial charge in [-0.25, -0.2) is 4.39 Å². The highest BCUT2D eigenvalue weighted by Gasteiger charge is 2.37. The van der Waals surface area contributed by atoms with E-state index in [0.29, 0.717) is 5.39 Å². The van der Waals surface area contributed by atoms with Crippen LogP contribution in [-0.4, -0.2) is 45.8 Å². The molecule has 3 aromatic rings. The Hall–Kier alpha value is -2.94. The van der Waals surface area contributed by atoms with Gasteiger partial charge in [0.1, 0.15) is 6.17 Å². The van der Waals surface area contributed by atoms with E-state index in [4.69, 9.17) is 11.6 Å². The first-order chi connectivity index (χ1) is 13.7. The summed E-state index contributed by atoms with van der Waals surface area (Å²) in [4.78, 5) is 26.6. The van der Waals surface area contributed by atoms with Crippen molar-refractivity contribution in [2.75, 3.05) is 13.1 Å². The molecule has 2 aromatic carbocycles. The maximum absolute atomic E-state index is 13.4. The lowest BCUT2D eigenvalue weighted by Crippen LogP contribution is -2.51. The van der Waals surface area contributed by atoms with E-state index in [1.165, 1.54) is 35.4 Å². The monoisotopic (exact) mass is 425 g/mol. The third-order valence-corrected chi connectivity index (χ3v) is 4.98. The molecule has 0 unspecified atom stereocenters. The van der Waals surface area contributed by atoms with Gasteiger partial charge in [-0.2, -0.15) is 23.0 Å². The van der Waals surface area contributed by atoms with Gasteiger partial charge in [0, 0.05) is 10.9 Å². The average Bonchev–Trinajstić information content (AvgIpc) is 3.06. The summed E-state index contributed by atoms with van der Waals surface area (Å²) in [5.41, 5.74) is -1.59. The number of hydrogen-bond acceptors (Lipinski definition) is 3. The fourth-order valence-corrected chi connectivity index (χ4v) is 3.43. The summed E-state index contributed by atoms with van der Waals surface area (Å²) < 4.78 is 53.9. The van der Waals surface area contributed by atoms with Crippen molar-refractivity contribution in [2.24, 2.45) is 0 Å². The van der Waals surface area contributed by atoms with Crippen LogP contribution in [0, 0.1) is 0 Å². The van der Waals surface area contributed by atoms with Gasteiger partial charge in [-0.3, -0.25) is 9.59 Å². The molecule has 0 N–H and O–H groups in total. The van der Waals surface area contributed by atoms with Gasteiger partial charge < -0.3 is 4.90 Å². The Morgan fingerprint density at radius 2 is 1.83 bits per heavy atom. The Bertz CT molecular complexity index is 1140. The predicted molar refractivity (Wildman–Crippen MR) is 96.7 cm³/mol. The largest absolute Gasteiger partial charge is 0.417 e. The van der Waals surface area contributed by atoms with Crippen molar-refractivity contribution in [2.45, 2.75) is 12.3 Å². The third kappa shape index (κ3) is 3.35. The fraction of sp³-hybridized carbons (Fsp3) is 0.211. The molecular weight excluding hydrogens is 414 g/mol. The Morgan fingerprint density at radius 1 is 1.10 bits per heavy atom. The minimum atomic E-state index is -4.79. The second-order valence-corrected chi connectivity index (χ2v) is 7.01. The Kier molecular flexibility index (Phi) is 4.57. The molecule has 1 aliphatic heterocycles. The maximum Gasteiger partial charge on any atom is 0.417 e. The molecule has 5 nitrogen and oxygen atoms in total. The van der Waals surface area contributed by atoms with Gasteiger partial charge in [-0.1, -0.05) is 23.7 Å². The molecule has 10 heteroatoms. The number of hydrogen-bond donors (Lipinski definition) is 0. The van der Waals surface area contributed by atoms with Gasteiger partial charge in [0.15, 0.2) is 0 Å². The number of rotatable bonds is 2. The molecule has 150 valence electrons. The number of carbonyl (C=O) groups is 2. The standard InChI is InChI=1S/C19H12ClF4N3O2/c20-14-3-1-2-13(19(22,23)24)16(14)18(29)27-15-6-10(4-5-11(15)7-25-27)17(28)26-8-12(21)9-26/h1-7,12H,8-9H2. The van der Waals surface area contributed by atoms with E-state index in [2.05, 4.69) is 5.10 Å². The minimum Gasteiger partial charge on any atom is -0.333 e. The number of halogens is 5. The number of amides is 1. The molecule has 1 aromatic heterocycles. The van der Waals surface area contributed by atoms with Crippen molar-refractivity contribution in [1.29, 1.82) is 0 Å². The number of benzene rings is 2. The van der Waals surface area contributed by atoms with Crippen molar-refractivity contribution in [3.63, 3.8) is 0 Å². The highest BCUT2D eigenvalue weighted by Crippen LogP contribution is 2.35. The van der Waals surface area contributed by atoms with Crippen LogP contribution < -0.4 is 0 Å². The minimum absolute atomic E-state index is 0.0242. The number of alkyl halides is 4. The Balaban J connectivity index is 1.78. The summed E-state index contributed by atoms with van der Waals surface area (Å²) in [7, 11) is 0. The van der Waals surface area contributed by atoms with E-state index >= 15 is 0 Å². The molecule has 0 bridgehead atoms. The van der Waals surface area contributed by atoms with E-state index < -0.39 is 35.3 Å². The quantitative estimate of drug-likeness (QED) is 0.578. The first kappa shape index (κ1) is 19.4. The Labute approximate surface area is 166 Å². The lowest BCUT2D eigenvalue weighted by Gasteiger charge is -2.34.